The third kappa shape index (κ3) is 5.90. The number of nitrogens with zero attached hydrogens (tertiary/aromatic N) is 7. The summed E-state index contributed by atoms with van der Waals surface area (Å²) in [7, 11) is 6.01. The second kappa shape index (κ2) is 11.6. The number of hydrogen-bond donors (Lipinski definition) is 0. The Hall–Kier alpha value is -4.08. The number of pyridine rings is 1. The van der Waals surface area contributed by atoms with Gasteiger partial charge in [0.15, 0.2) is 23.0 Å². The fourth-order valence-electron chi connectivity index (χ4n) is 4.93. The van der Waals surface area contributed by atoms with E-state index in [0.717, 1.165) is 62.9 Å². The van der Waals surface area contributed by atoms with E-state index in [1.165, 1.54) is 12.1 Å². The Bertz CT molecular complexity index is 1550. The summed E-state index contributed by atoms with van der Waals surface area (Å²) in [6.07, 6.45) is 6.17. The lowest BCUT2D eigenvalue weighted by Crippen LogP contribution is -2.39. The van der Waals surface area contributed by atoms with Gasteiger partial charge in [-0.05, 0) is 43.5 Å². The SMILES string of the molecule is [B]c1cnc2nc(CN3CCC(Oc4ccnc(COc5ccc(C#N)cc5F)n4)CC3)n(CC3CCO3)c2c1. The van der Waals surface area contributed by atoms with Gasteiger partial charge in [-0.2, -0.15) is 10.2 Å². The summed E-state index contributed by atoms with van der Waals surface area (Å²) in [5.41, 5.74) is 2.49. The molecular formula is C28H27BFN7O3. The number of piperidine rings is 1. The standard InChI is InChI=1S/C28H27BFN7O3/c29-19-12-23-28(33-14-19)35-26(37(23)15-21-6-10-38-21)16-36-8-4-20(5-9-36)40-27-3-7-32-25(34-27)17-39-24-2-1-18(13-31)11-22(24)30/h1-3,7,11-12,14,20-21H,4-6,8-10,15-17H2. The summed E-state index contributed by atoms with van der Waals surface area (Å²) < 4.78 is 33.6. The van der Waals surface area contributed by atoms with E-state index in [1.54, 1.807) is 18.5 Å². The van der Waals surface area contributed by atoms with Crippen molar-refractivity contribution in [1.82, 2.24) is 29.4 Å². The van der Waals surface area contributed by atoms with Crippen LogP contribution < -0.4 is 14.9 Å². The van der Waals surface area contributed by atoms with E-state index in [9.17, 15) is 4.39 Å². The molecule has 6 rings (SSSR count). The molecule has 3 aromatic heterocycles. The van der Waals surface area contributed by atoms with Gasteiger partial charge in [-0.1, -0.05) is 5.46 Å². The summed E-state index contributed by atoms with van der Waals surface area (Å²) in [4.78, 5) is 20.2. The first-order chi connectivity index (χ1) is 19.5. The smallest absolute Gasteiger partial charge is 0.216 e. The molecule has 0 spiro atoms. The van der Waals surface area contributed by atoms with Crippen LogP contribution in [-0.4, -0.2) is 69.2 Å². The predicted molar refractivity (Wildman–Crippen MR) is 144 cm³/mol. The first kappa shape index (κ1) is 26.2. The Labute approximate surface area is 232 Å². The zero-order valence-electron chi connectivity index (χ0n) is 21.9. The Kier molecular flexibility index (Phi) is 7.57. The van der Waals surface area contributed by atoms with E-state index in [0.29, 0.717) is 29.4 Å². The molecule has 2 aliphatic rings. The summed E-state index contributed by atoms with van der Waals surface area (Å²) in [6.45, 7) is 3.93. The van der Waals surface area contributed by atoms with Crippen molar-refractivity contribution < 1.29 is 18.6 Å². The van der Waals surface area contributed by atoms with Crippen LogP contribution in [0.1, 0.15) is 36.5 Å². The number of rotatable bonds is 9. The minimum atomic E-state index is -0.606. The Morgan fingerprint density at radius 3 is 2.73 bits per heavy atom. The minimum Gasteiger partial charge on any atom is -0.483 e. The number of fused-ring (bicyclic) bond motifs is 1. The van der Waals surface area contributed by atoms with Gasteiger partial charge < -0.3 is 18.8 Å². The normalized spacial score (nSPS) is 17.9. The van der Waals surface area contributed by atoms with Crippen LogP contribution in [0.2, 0.25) is 0 Å². The second-order valence-electron chi connectivity index (χ2n) is 9.98. The van der Waals surface area contributed by atoms with Crippen LogP contribution in [0, 0.1) is 17.1 Å². The Morgan fingerprint density at radius 2 is 1.98 bits per heavy atom. The summed E-state index contributed by atoms with van der Waals surface area (Å²) in [5, 5.41) is 8.88. The van der Waals surface area contributed by atoms with Crippen molar-refractivity contribution in [3.05, 3.63) is 65.8 Å². The fourth-order valence-corrected chi connectivity index (χ4v) is 4.93. The average molecular weight is 539 g/mol. The molecule has 2 aliphatic heterocycles. The largest absolute Gasteiger partial charge is 0.483 e. The van der Waals surface area contributed by atoms with Crippen LogP contribution in [-0.2, 0) is 24.4 Å². The molecule has 12 heteroatoms. The highest BCUT2D eigenvalue weighted by molar-refractivity contribution is 6.32. The third-order valence-electron chi connectivity index (χ3n) is 7.17. The summed E-state index contributed by atoms with van der Waals surface area (Å²) >= 11 is 0. The molecule has 5 heterocycles. The average Bonchev–Trinajstić information content (AvgIpc) is 3.27. The molecule has 0 saturated carbocycles. The monoisotopic (exact) mass is 539 g/mol. The van der Waals surface area contributed by atoms with Crippen molar-refractivity contribution in [3.8, 4) is 17.7 Å². The van der Waals surface area contributed by atoms with Gasteiger partial charge in [-0.15, -0.1) is 0 Å². The summed E-state index contributed by atoms with van der Waals surface area (Å²) in [6, 6.07) is 9.58. The molecule has 0 amide bonds. The number of nitriles is 1. The molecule has 2 saturated heterocycles. The maximum absolute atomic E-state index is 14.1. The van der Waals surface area contributed by atoms with E-state index in [2.05, 4.69) is 24.4 Å². The number of benzene rings is 1. The molecule has 2 radical (unpaired) electrons. The van der Waals surface area contributed by atoms with Crippen LogP contribution in [0.3, 0.4) is 0 Å². The highest BCUT2D eigenvalue weighted by Gasteiger charge is 2.26. The molecular weight excluding hydrogens is 512 g/mol. The lowest BCUT2D eigenvalue weighted by Gasteiger charge is -2.32. The van der Waals surface area contributed by atoms with E-state index >= 15 is 0 Å². The molecule has 202 valence electrons. The topological polar surface area (TPSA) is 111 Å². The molecule has 40 heavy (non-hydrogen) atoms. The Morgan fingerprint density at radius 1 is 1.12 bits per heavy atom. The van der Waals surface area contributed by atoms with Crippen LogP contribution in [0.15, 0.2) is 42.7 Å². The van der Waals surface area contributed by atoms with Crippen molar-refractivity contribution in [2.75, 3.05) is 19.7 Å². The second-order valence-corrected chi connectivity index (χ2v) is 9.98. The highest BCUT2D eigenvalue weighted by Crippen LogP contribution is 2.23. The molecule has 4 aromatic rings. The molecule has 0 N–H and O–H groups in total. The molecule has 1 atom stereocenters. The molecule has 10 nitrogen and oxygen atoms in total. The van der Waals surface area contributed by atoms with E-state index in [1.807, 2.05) is 12.1 Å². The van der Waals surface area contributed by atoms with Crippen LogP contribution in [0.4, 0.5) is 4.39 Å². The molecule has 1 unspecified atom stereocenters. The van der Waals surface area contributed by atoms with E-state index < -0.39 is 5.82 Å². The maximum atomic E-state index is 14.1. The number of aromatic nitrogens is 5. The number of hydrogen-bond acceptors (Lipinski definition) is 9. The molecule has 0 aliphatic carbocycles. The number of likely N-dealkylation sites (tertiary alicyclic amines) is 1. The van der Waals surface area contributed by atoms with Gasteiger partial charge in [0, 0.05) is 38.2 Å². The predicted octanol–water partition coefficient (Wildman–Crippen LogP) is 2.44. The quantitative estimate of drug-likeness (QED) is 0.296. The number of ether oxygens (including phenoxy) is 3. The Balaban J connectivity index is 1.04. The fraction of sp³-hybridized carbons (Fsp3) is 0.393. The van der Waals surface area contributed by atoms with Crippen molar-refractivity contribution in [3.63, 3.8) is 0 Å². The van der Waals surface area contributed by atoms with Crippen molar-refractivity contribution >= 4 is 24.5 Å². The third-order valence-corrected chi connectivity index (χ3v) is 7.17. The van der Waals surface area contributed by atoms with Gasteiger partial charge >= 0.3 is 0 Å². The first-order valence-electron chi connectivity index (χ1n) is 13.3. The summed E-state index contributed by atoms with van der Waals surface area (Å²) in [5.74, 6) is 1.22. The van der Waals surface area contributed by atoms with E-state index in [-0.39, 0.29) is 30.1 Å². The number of imidazole rings is 1. The molecule has 0 bridgehead atoms. The highest BCUT2D eigenvalue weighted by atomic mass is 19.1. The van der Waals surface area contributed by atoms with Crippen LogP contribution in [0.5, 0.6) is 11.6 Å². The van der Waals surface area contributed by atoms with Gasteiger partial charge in [0.1, 0.15) is 26.4 Å². The van der Waals surface area contributed by atoms with E-state index in [4.69, 9.17) is 32.3 Å². The number of halogens is 1. The van der Waals surface area contributed by atoms with Gasteiger partial charge in [0.05, 0.1) is 36.3 Å². The van der Waals surface area contributed by atoms with Crippen LogP contribution in [0.25, 0.3) is 11.2 Å². The zero-order chi connectivity index (χ0) is 27.5. The molecule has 2 fully saturated rings. The van der Waals surface area contributed by atoms with Crippen LogP contribution >= 0.6 is 0 Å². The molecule has 1 aromatic carbocycles. The van der Waals surface area contributed by atoms with Gasteiger partial charge in [0.2, 0.25) is 5.88 Å². The van der Waals surface area contributed by atoms with Gasteiger partial charge in [-0.3, -0.25) is 4.90 Å². The lowest BCUT2D eigenvalue weighted by atomic mass is 9.99. The lowest BCUT2D eigenvalue weighted by molar-refractivity contribution is -0.0592. The maximum Gasteiger partial charge on any atom is 0.216 e. The van der Waals surface area contributed by atoms with Gasteiger partial charge in [0.25, 0.3) is 0 Å². The zero-order valence-corrected chi connectivity index (χ0v) is 21.9. The van der Waals surface area contributed by atoms with Crippen molar-refractivity contribution in [1.29, 1.82) is 5.26 Å². The van der Waals surface area contributed by atoms with Crippen molar-refractivity contribution in [2.24, 2.45) is 0 Å². The van der Waals surface area contributed by atoms with Gasteiger partial charge in [-0.25, -0.2) is 19.3 Å². The first-order valence-corrected chi connectivity index (χ1v) is 13.3. The minimum absolute atomic E-state index is 0.0135. The van der Waals surface area contributed by atoms with Crippen molar-refractivity contribution in [2.45, 2.75) is 51.2 Å².